The van der Waals surface area contributed by atoms with Crippen LogP contribution in [-0.2, 0) is 5.54 Å². The molecular formula is C22H27N5O2. The minimum atomic E-state index is -0.356. The molecule has 0 radical (unpaired) electrons. The van der Waals surface area contributed by atoms with E-state index >= 15 is 0 Å². The molecule has 2 aromatic carbocycles. The summed E-state index contributed by atoms with van der Waals surface area (Å²) in [5.74, 6) is 3.11. The highest BCUT2D eigenvalue weighted by molar-refractivity contribution is 5.51. The minimum absolute atomic E-state index is 0.356. The number of ether oxygens (including phenoxy) is 2. The van der Waals surface area contributed by atoms with Crippen molar-refractivity contribution in [2.75, 3.05) is 19.5 Å². The van der Waals surface area contributed by atoms with E-state index in [1.165, 1.54) is 0 Å². The quantitative estimate of drug-likeness (QED) is 0.677. The Balaban J connectivity index is 1.76. The summed E-state index contributed by atoms with van der Waals surface area (Å²) in [6, 6.07) is 15.8. The van der Waals surface area contributed by atoms with E-state index in [0.717, 1.165) is 54.4 Å². The third kappa shape index (κ3) is 3.90. The number of hydrogen-bond donors (Lipinski definition) is 1. The third-order valence-electron chi connectivity index (χ3n) is 5.78. The molecule has 1 aliphatic rings. The first-order valence-corrected chi connectivity index (χ1v) is 9.99. The molecule has 0 atom stereocenters. The zero-order chi connectivity index (χ0) is 20.3. The summed E-state index contributed by atoms with van der Waals surface area (Å²) in [6.45, 7) is 2.31. The Bertz CT molecular complexity index is 963. The van der Waals surface area contributed by atoms with Gasteiger partial charge in [0.05, 0.1) is 25.4 Å². The lowest BCUT2D eigenvalue weighted by molar-refractivity contribution is 0.255. The molecule has 1 aromatic heterocycles. The summed E-state index contributed by atoms with van der Waals surface area (Å²) < 4.78 is 12.6. The van der Waals surface area contributed by atoms with Crippen molar-refractivity contribution in [1.29, 1.82) is 0 Å². The molecule has 3 aromatic rings. The number of nitrogens with one attached hydrogen (secondary N) is 1. The normalized spacial score (nSPS) is 21.6. The number of nitrogens with zero attached hydrogens (tertiary/aromatic N) is 4. The Morgan fingerprint density at radius 2 is 1.69 bits per heavy atom. The highest BCUT2D eigenvalue weighted by atomic mass is 16.5. The first-order chi connectivity index (χ1) is 14.1. The smallest absolute Gasteiger partial charge is 0.181 e. The van der Waals surface area contributed by atoms with E-state index in [1.54, 1.807) is 14.2 Å². The van der Waals surface area contributed by atoms with Gasteiger partial charge in [0.15, 0.2) is 5.82 Å². The molecule has 29 heavy (non-hydrogen) atoms. The Labute approximate surface area is 171 Å². The van der Waals surface area contributed by atoms with E-state index in [9.17, 15) is 0 Å². The highest BCUT2D eigenvalue weighted by Crippen LogP contribution is 2.42. The maximum atomic E-state index is 5.40. The van der Waals surface area contributed by atoms with E-state index in [-0.39, 0.29) is 5.54 Å². The van der Waals surface area contributed by atoms with Crippen LogP contribution in [0.4, 0.5) is 5.69 Å². The Morgan fingerprint density at radius 1 is 1.00 bits per heavy atom. The average Bonchev–Trinajstić information content (AvgIpc) is 3.26. The molecule has 0 aliphatic heterocycles. The molecular weight excluding hydrogens is 366 g/mol. The van der Waals surface area contributed by atoms with E-state index < -0.39 is 0 Å². The lowest BCUT2D eigenvalue weighted by Gasteiger charge is -2.39. The minimum Gasteiger partial charge on any atom is -0.497 e. The van der Waals surface area contributed by atoms with Crippen molar-refractivity contribution in [2.45, 2.75) is 38.1 Å². The number of anilines is 1. The van der Waals surface area contributed by atoms with Gasteiger partial charge >= 0.3 is 0 Å². The summed E-state index contributed by atoms with van der Waals surface area (Å²) in [7, 11) is 3.34. The molecule has 0 bridgehead atoms. The van der Waals surface area contributed by atoms with Crippen molar-refractivity contribution in [3.05, 3.63) is 54.4 Å². The van der Waals surface area contributed by atoms with Crippen molar-refractivity contribution in [1.82, 2.24) is 20.2 Å². The van der Waals surface area contributed by atoms with Crippen LogP contribution in [0.2, 0.25) is 0 Å². The Kier molecular flexibility index (Phi) is 5.38. The van der Waals surface area contributed by atoms with Crippen LogP contribution in [0.3, 0.4) is 0 Å². The third-order valence-corrected chi connectivity index (χ3v) is 5.78. The van der Waals surface area contributed by atoms with Crippen LogP contribution in [0, 0.1) is 5.92 Å². The van der Waals surface area contributed by atoms with E-state index in [4.69, 9.17) is 9.47 Å². The number of benzene rings is 2. The van der Waals surface area contributed by atoms with Crippen LogP contribution in [0.1, 0.15) is 38.4 Å². The van der Waals surface area contributed by atoms with Crippen molar-refractivity contribution >= 4 is 5.69 Å². The second-order valence-electron chi connectivity index (χ2n) is 7.74. The standard InChI is InChI=1S/C22H27N5O2/c1-16-10-12-22(13-11-16,23-17-6-4-8-19(14-17)28-2)21-24-25-26-27(21)18-7-5-9-20(15-18)29-3/h4-9,14-16,23H,10-13H2,1-3H3. The van der Waals surface area contributed by atoms with Gasteiger partial charge in [-0.1, -0.05) is 19.1 Å². The van der Waals surface area contributed by atoms with Crippen LogP contribution in [0.25, 0.3) is 5.69 Å². The fourth-order valence-corrected chi connectivity index (χ4v) is 4.04. The van der Waals surface area contributed by atoms with E-state index in [0.29, 0.717) is 5.92 Å². The topological polar surface area (TPSA) is 74.1 Å². The lowest BCUT2D eigenvalue weighted by Crippen LogP contribution is -2.41. The summed E-state index contributed by atoms with van der Waals surface area (Å²) in [5, 5.41) is 16.6. The molecule has 7 heteroatoms. The van der Waals surface area contributed by atoms with Gasteiger partial charge in [-0.3, -0.25) is 0 Å². The van der Waals surface area contributed by atoms with Crippen molar-refractivity contribution < 1.29 is 9.47 Å². The van der Waals surface area contributed by atoms with Gasteiger partial charge in [-0.15, -0.1) is 5.10 Å². The Morgan fingerprint density at radius 3 is 2.41 bits per heavy atom. The zero-order valence-electron chi connectivity index (χ0n) is 17.1. The first-order valence-electron chi connectivity index (χ1n) is 9.99. The maximum absolute atomic E-state index is 5.40. The predicted octanol–water partition coefficient (Wildman–Crippen LogP) is 4.20. The fourth-order valence-electron chi connectivity index (χ4n) is 4.04. The molecule has 1 N–H and O–H groups in total. The van der Waals surface area contributed by atoms with Gasteiger partial charge in [0, 0.05) is 17.8 Å². The monoisotopic (exact) mass is 393 g/mol. The molecule has 4 rings (SSSR count). The summed E-state index contributed by atoms with van der Waals surface area (Å²) >= 11 is 0. The number of rotatable bonds is 6. The van der Waals surface area contributed by atoms with Gasteiger partial charge in [0.1, 0.15) is 11.5 Å². The van der Waals surface area contributed by atoms with Crippen LogP contribution >= 0.6 is 0 Å². The SMILES string of the molecule is COc1cccc(NC2(c3nnnn3-c3cccc(OC)c3)CCC(C)CC2)c1. The second-order valence-corrected chi connectivity index (χ2v) is 7.74. The molecule has 1 fully saturated rings. The van der Waals surface area contributed by atoms with Gasteiger partial charge < -0.3 is 14.8 Å². The summed E-state index contributed by atoms with van der Waals surface area (Å²) in [6.07, 6.45) is 4.13. The zero-order valence-corrected chi connectivity index (χ0v) is 17.1. The largest absolute Gasteiger partial charge is 0.497 e. The van der Waals surface area contributed by atoms with E-state index in [1.807, 2.05) is 47.1 Å². The van der Waals surface area contributed by atoms with Crippen LogP contribution in [-0.4, -0.2) is 34.4 Å². The van der Waals surface area contributed by atoms with Gasteiger partial charge in [0.2, 0.25) is 0 Å². The number of tetrazole rings is 1. The predicted molar refractivity (Wildman–Crippen MR) is 112 cm³/mol. The molecule has 7 nitrogen and oxygen atoms in total. The Hall–Kier alpha value is -3.09. The van der Waals surface area contributed by atoms with Crippen LogP contribution in [0.5, 0.6) is 11.5 Å². The molecule has 152 valence electrons. The first kappa shape index (κ1) is 19.2. The van der Waals surface area contributed by atoms with Crippen LogP contribution in [0.15, 0.2) is 48.5 Å². The number of aromatic nitrogens is 4. The van der Waals surface area contributed by atoms with Crippen molar-refractivity contribution in [3.8, 4) is 17.2 Å². The molecule has 1 heterocycles. The van der Waals surface area contributed by atoms with Gasteiger partial charge in [-0.05, 0) is 66.3 Å². The van der Waals surface area contributed by atoms with Gasteiger partial charge in [-0.25, -0.2) is 0 Å². The van der Waals surface area contributed by atoms with Crippen molar-refractivity contribution in [2.24, 2.45) is 5.92 Å². The number of methoxy groups -OCH3 is 2. The molecule has 1 aliphatic carbocycles. The number of hydrogen-bond acceptors (Lipinski definition) is 6. The molecule has 0 amide bonds. The molecule has 1 saturated carbocycles. The molecule has 0 unspecified atom stereocenters. The summed E-state index contributed by atoms with van der Waals surface area (Å²) in [5.41, 5.74) is 1.53. The van der Waals surface area contributed by atoms with Crippen LogP contribution < -0.4 is 14.8 Å². The van der Waals surface area contributed by atoms with Gasteiger partial charge in [0.25, 0.3) is 0 Å². The maximum Gasteiger partial charge on any atom is 0.181 e. The molecule has 0 spiro atoms. The molecule has 0 saturated heterocycles. The van der Waals surface area contributed by atoms with Crippen molar-refractivity contribution in [3.63, 3.8) is 0 Å². The van der Waals surface area contributed by atoms with E-state index in [2.05, 4.69) is 33.8 Å². The lowest BCUT2D eigenvalue weighted by atomic mass is 9.76. The summed E-state index contributed by atoms with van der Waals surface area (Å²) in [4.78, 5) is 0. The highest BCUT2D eigenvalue weighted by Gasteiger charge is 2.41. The van der Waals surface area contributed by atoms with Gasteiger partial charge in [-0.2, -0.15) is 4.68 Å². The average molecular weight is 393 g/mol. The fraction of sp³-hybridized carbons (Fsp3) is 0.409. The second kappa shape index (κ2) is 8.11.